The van der Waals surface area contributed by atoms with Crippen molar-refractivity contribution in [1.29, 1.82) is 0 Å². The zero-order chi connectivity index (χ0) is 13.3. The summed E-state index contributed by atoms with van der Waals surface area (Å²) in [5.74, 6) is -0.353. The predicted octanol–water partition coefficient (Wildman–Crippen LogP) is 4.33. The first-order valence-corrected chi connectivity index (χ1v) is 6.48. The molecule has 0 aliphatic rings. The highest BCUT2D eigenvalue weighted by Gasteiger charge is 2.14. The van der Waals surface area contributed by atoms with Crippen molar-refractivity contribution in [2.24, 2.45) is 0 Å². The van der Waals surface area contributed by atoms with Crippen LogP contribution >= 0.6 is 11.6 Å². The van der Waals surface area contributed by atoms with Crippen molar-refractivity contribution >= 4 is 28.2 Å². The molecule has 2 aromatic rings. The number of nitrogens with zero attached hydrogens (tertiary/aromatic N) is 1. The van der Waals surface area contributed by atoms with Gasteiger partial charge in [-0.1, -0.05) is 18.5 Å². The van der Waals surface area contributed by atoms with Crippen LogP contribution in [-0.4, -0.2) is 11.5 Å². The fraction of sp³-hybridized carbons (Fsp3) is 0.357. The van der Waals surface area contributed by atoms with Gasteiger partial charge >= 0.3 is 0 Å². The van der Waals surface area contributed by atoms with Crippen LogP contribution in [0.2, 0.25) is 5.02 Å². The summed E-state index contributed by atoms with van der Waals surface area (Å²) in [4.78, 5) is 4.49. The van der Waals surface area contributed by atoms with Gasteiger partial charge in [0, 0.05) is 29.4 Å². The van der Waals surface area contributed by atoms with Gasteiger partial charge in [0.2, 0.25) is 0 Å². The van der Waals surface area contributed by atoms with E-state index in [1.54, 1.807) is 0 Å². The van der Waals surface area contributed by atoms with Gasteiger partial charge in [-0.25, -0.2) is 4.39 Å². The molecule has 1 aromatic heterocycles. The lowest BCUT2D eigenvalue weighted by molar-refractivity contribution is 0.629. The minimum atomic E-state index is -0.353. The van der Waals surface area contributed by atoms with Crippen LogP contribution in [0.5, 0.6) is 0 Å². The van der Waals surface area contributed by atoms with Crippen LogP contribution in [0, 0.1) is 12.7 Å². The number of benzene rings is 1. The number of halogens is 2. The quantitative estimate of drug-likeness (QED) is 0.894. The first-order chi connectivity index (χ1) is 8.58. The molecule has 0 fully saturated rings. The summed E-state index contributed by atoms with van der Waals surface area (Å²) in [6.45, 7) is 6.87. The fourth-order valence-corrected chi connectivity index (χ4v) is 2.49. The van der Waals surface area contributed by atoms with Crippen LogP contribution in [0.4, 0.5) is 10.1 Å². The van der Waals surface area contributed by atoms with Gasteiger partial charge in [0.1, 0.15) is 5.82 Å². The smallest absolute Gasteiger partial charge is 0.126 e. The molecular weight excluding hydrogens is 251 g/mol. The second-order valence-electron chi connectivity index (χ2n) is 4.22. The lowest BCUT2D eigenvalue weighted by atomic mass is 10.0. The van der Waals surface area contributed by atoms with Crippen LogP contribution in [0.3, 0.4) is 0 Å². The molecule has 0 bridgehead atoms. The maximum atomic E-state index is 13.4. The van der Waals surface area contributed by atoms with Crippen molar-refractivity contribution in [1.82, 2.24) is 4.98 Å². The molecule has 1 aromatic carbocycles. The topological polar surface area (TPSA) is 24.9 Å². The summed E-state index contributed by atoms with van der Waals surface area (Å²) in [5, 5.41) is 4.51. The third-order valence-corrected chi connectivity index (χ3v) is 3.33. The van der Waals surface area contributed by atoms with Crippen LogP contribution < -0.4 is 5.32 Å². The van der Waals surface area contributed by atoms with Crippen LogP contribution in [0.1, 0.15) is 25.1 Å². The van der Waals surface area contributed by atoms with Gasteiger partial charge in [0.05, 0.1) is 10.5 Å². The third-order valence-electron chi connectivity index (χ3n) is 3.04. The molecule has 1 heterocycles. The van der Waals surface area contributed by atoms with Crippen molar-refractivity contribution in [3.63, 3.8) is 0 Å². The van der Waals surface area contributed by atoms with Crippen molar-refractivity contribution in [3.8, 4) is 0 Å². The molecule has 1 N–H and O–H groups in total. The number of aromatic nitrogens is 1. The van der Waals surface area contributed by atoms with E-state index in [-0.39, 0.29) is 5.82 Å². The van der Waals surface area contributed by atoms with Crippen LogP contribution in [0.15, 0.2) is 12.1 Å². The maximum Gasteiger partial charge on any atom is 0.126 e. The van der Waals surface area contributed by atoms with Gasteiger partial charge in [-0.05, 0) is 31.9 Å². The van der Waals surface area contributed by atoms with Gasteiger partial charge in [-0.2, -0.15) is 0 Å². The van der Waals surface area contributed by atoms with Crippen molar-refractivity contribution in [3.05, 3.63) is 34.2 Å². The average Bonchev–Trinajstić information content (AvgIpc) is 2.32. The Balaban J connectivity index is 2.86. The average molecular weight is 267 g/mol. The molecule has 18 heavy (non-hydrogen) atoms. The highest BCUT2D eigenvalue weighted by Crippen LogP contribution is 2.34. The lowest BCUT2D eigenvalue weighted by Crippen LogP contribution is -2.05. The number of fused-ring (bicyclic) bond motifs is 1. The molecule has 0 amide bonds. The molecule has 0 saturated carbocycles. The second kappa shape index (κ2) is 5.11. The van der Waals surface area contributed by atoms with E-state index in [0.717, 1.165) is 35.3 Å². The Hall–Kier alpha value is -1.35. The molecule has 2 nitrogen and oxygen atoms in total. The summed E-state index contributed by atoms with van der Waals surface area (Å²) < 4.78 is 13.4. The maximum absolute atomic E-state index is 13.4. The van der Waals surface area contributed by atoms with Gasteiger partial charge in [0.15, 0.2) is 0 Å². The van der Waals surface area contributed by atoms with Gasteiger partial charge in [-0.15, -0.1) is 0 Å². The lowest BCUT2D eigenvalue weighted by Gasteiger charge is -2.15. The Morgan fingerprint density at radius 2 is 2.06 bits per heavy atom. The van der Waals surface area contributed by atoms with Gasteiger partial charge < -0.3 is 5.32 Å². The highest BCUT2D eigenvalue weighted by molar-refractivity contribution is 6.36. The molecule has 0 unspecified atom stereocenters. The van der Waals surface area contributed by atoms with Gasteiger partial charge in [-0.3, -0.25) is 4.98 Å². The predicted molar refractivity (Wildman–Crippen MR) is 75.0 cm³/mol. The second-order valence-corrected chi connectivity index (χ2v) is 4.63. The summed E-state index contributed by atoms with van der Waals surface area (Å²) in [6, 6.07) is 2.76. The highest BCUT2D eigenvalue weighted by atomic mass is 35.5. The van der Waals surface area contributed by atoms with E-state index < -0.39 is 0 Å². The number of aryl methyl sites for hydroxylation is 1. The van der Waals surface area contributed by atoms with Crippen molar-refractivity contribution < 1.29 is 4.39 Å². The number of hydrogen-bond donors (Lipinski definition) is 1. The van der Waals surface area contributed by atoms with Crippen molar-refractivity contribution in [2.45, 2.75) is 27.2 Å². The summed E-state index contributed by atoms with van der Waals surface area (Å²) in [5.41, 5.74) is 3.63. The Morgan fingerprint density at radius 3 is 2.67 bits per heavy atom. The molecule has 0 radical (unpaired) electrons. The van der Waals surface area contributed by atoms with E-state index in [0.29, 0.717) is 10.5 Å². The number of nitrogens with one attached hydrogen (secondary N) is 1. The van der Waals surface area contributed by atoms with E-state index in [4.69, 9.17) is 11.6 Å². The van der Waals surface area contributed by atoms with Crippen LogP contribution in [0.25, 0.3) is 10.9 Å². The molecule has 0 aliphatic carbocycles. The minimum Gasteiger partial charge on any atom is -0.384 e. The molecule has 0 aliphatic heterocycles. The SMILES string of the molecule is CCNc1c(C)c(CC)nc2cc(F)cc(Cl)c12. The van der Waals surface area contributed by atoms with E-state index in [9.17, 15) is 4.39 Å². The van der Waals surface area contributed by atoms with E-state index in [1.165, 1.54) is 12.1 Å². The summed E-state index contributed by atoms with van der Waals surface area (Å²) in [7, 11) is 0. The van der Waals surface area contributed by atoms with E-state index in [1.807, 2.05) is 20.8 Å². The fourth-order valence-electron chi connectivity index (χ4n) is 2.20. The van der Waals surface area contributed by atoms with Crippen molar-refractivity contribution in [2.75, 3.05) is 11.9 Å². The Morgan fingerprint density at radius 1 is 1.33 bits per heavy atom. The Labute approximate surface area is 111 Å². The number of anilines is 1. The number of rotatable bonds is 3. The van der Waals surface area contributed by atoms with Gasteiger partial charge in [0.25, 0.3) is 0 Å². The van der Waals surface area contributed by atoms with E-state index in [2.05, 4.69) is 10.3 Å². The zero-order valence-corrected chi connectivity index (χ0v) is 11.5. The largest absolute Gasteiger partial charge is 0.384 e. The first kappa shape index (κ1) is 13.1. The molecular formula is C14H16ClFN2. The Kier molecular flexibility index (Phi) is 3.71. The zero-order valence-electron chi connectivity index (χ0n) is 10.8. The molecule has 4 heteroatoms. The molecule has 2 rings (SSSR count). The molecule has 0 atom stereocenters. The number of pyridine rings is 1. The third kappa shape index (κ3) is 2.15. The molecule has 0 saturated heterocycles. The molecule has 0 spiro atoms. The molecule has 96 valence electrons. The number of hydrogen-bond acceptors (Lipinski definition) is 2. The van der Waals surface area contributed by atoms with E-state index >= 15 is 0 Å². The normalized spacial score (nSPS) is 10.9. The standard InChI is InChI=1S/C14H16ClFN2/c1-4-11-8(3)14(17-5-2)13-10(15)6-9(16)7-12(13)18-11/h6-7H,4-5H2,1-3H3,(H,17,18). The summed E-state index contributed by atoms with van der Waals surface area (Å²) >= 11 is 6.15. The van der Waals surface area contributed by atoms with Crippen LogP contribution in [-0.2, 0) is 6.42 Å². The Bertz CT molecular complexity index is 596. The first-order valence-electron chi connectivity index (χ1n) is 6.10. The monoisotopic (exact) mass is 266 g/mol. The summed E-state index contributed by atoms with van der Waals surface area (Å²) in [6.07, 6.45) is 0.814. The minimum absolute atomic E-state index is 0.353.